The molecule has 14 aliphatic rings. The van der Waals surface area contributed by atoms with Crippen molar-refractivity contribution in [1.82, 2.24) is 0 Å². The third-order valence-corrected chi connectivity index (χ3v) is 28.5. The molecule has 0 aromatic heterocycles. The molecule has 10 aromatic rings. The van der Waals surface area contributed by atoms with Gasteiger partial charge in [0.05, 0.1) is 12.2 Å². The van der Waals surface area contributed by atoms with E-state index in [2.05, 4.69) is 139 Å². The highest BCUT2D eigenvalue weighted by atomic mass is 16.8. The summed E-state index contributed by atoms with van der Waals surface area (Å²) < 4.78 is 115. The first-order valence-electron chi connectivity index (χ1n) is 49.4. The second kappa shape index (κ2) is 41.1. The Morgan fingerprint density at radius 1 is 0.396 bits per heavy atom. The van der Waals surface area contributed by atoms with Crippen LogP contribution in [0, 0.1) is 96.8 Å². The maximum absolute atomic E-state index is 6.34. The van der Waals surface area contributed by atoms with Gasteiger partial charge in [-0.25, -0.2) is 0 Å². The van der Waals surface area contributed by atoms with E-state index in [9.17, 15) is 0 Å². The Morgan fingerprint density at radius 2 is 0.940 bits per heavy atom. The number of aryl methyl sites for hydroxylation is 8. The van der Waals surface area contributed by atoms with E-state index in [1.165, 1.54) is 146 Å². The molecule has 0 radical (unpaired) electrons. The van der Waals surface area contributed by atoms with Crippen LogP contribution < -0.4 is 75.8 Å². The van der Waals surface area contributed by atoms with Crippen molar-refractivity contribution in [2.75, 3.05) is 33.6 Å². The van der Waals surface area contributed by atoms with Gasteiger partial charge in [-0.05, 0) is 300 Å². The van der Waals surface area contributed by atoms with Crippen LogP contribution in [0.2, 0.25) is 0 Å². The zero-order valence-corrected chi connectivity index (χ0v) is 81.9. The summed E-state index contributed by atoms with van der Waals surface area (Å²) in [5.41, 5.74) is 9.50. The van der Waals surface area contributed by atoms with E-state index < -0.39 is 17.4 Å². The van der Waals surface area contributed by atoms with Crippen molar-refractivity contribution in [1.29, 1.82) is 0 Å². The van der Waals surface area contributed by atoms with Crippen LogP contribution in [0.4, 0.5) is 0 Å². The van der Waals surface area contributed by atoms with Gasteiger partial charge >= 0.3 is 0 Å². The molecule has 7 saturated carbocycles. The second-order valence-corrected chi connectivity index (χ2v) is 40.0. The first-order valence-corrected chi connectivity index (χ1v) is 49.4. The molecule has 134 heavy (non-hydrogen) atoms. The van der Waals surface area contributed by atoms with Crippen molar-refractivity contribution < 1.29 is 94.7 Å². The molecule has 10 aromatic carbocycles. The fraction of sp³-hybridized carbons (Fsp3) is 0.509. The van der Waals surface area contributed by atoms with Gasteiger partial charge in [0.15, 0.2) is 65.4 Å². The van der Waals surface area contributed by atoms with E-state index >= 15 is 0 Å². The lowest BCUT2D eigenvalue weighted by atomic mass is 9.62. The lowest BCUT2D eigenvalue weighted by Crippen LogP contribution is -2.49. The van der Waals surface area contributed by atoms with Crippen LogP contribution in [0.3, 0.4) is 0 Å². The first kappa shape index (κ1) is 95.1. The molecular weight excluding hydrogens is 1690 g/mol. The summed E-state index contributed by atoms with van der Waals surface area (Å²) in [7, 11) is 0. The summed E-state index contributed by atoms with van der Waals surface area (Å²) in [5, 5.41) is 4.81. The Morgan fingerprint density at radius 3 is 1.64 bits per heavy atom. The molecule has 0 amide bonds. The average molecular weight is 1830 g/mol. The summed E-state index contributed by atoms with van der Waals surface area (Å²) in [6.45, 7) is 35.9. The van der Waals surface area contributed by atoms with Gasteiger partial charge < -0.3 is 94.7 Å². The van der Waals surface area contributed by atoms with E-state index in [1.807, 2.05) is 149 Å². The highest BCUT2D eigenvalue weighted by Crippen LogP contribution is 2.61. The molecule has 11 unspecified atom stereocenters. The molecule has 11 atom stereocenters. The Kier molecular flexibility index (Phi) is 29.2. The van der Waals surface area contributed by atoms with Gasteiger partial charge in [-0.3, -0.25) is 0 Å². The van der Waals surface area contributed by atoms with E-state index in [1.54, 1.807) is 0 Å². The minimum atomic E-state index is -0.654. The molecule has 7 aliphatic heterocycles. The number of hydrogen-bond donors (Lipinski definition) is 0. The van der Waals surface area contributed by atoms with Crippen molar-refractivity contribution >= 4 is 21.5 Å². The smallest absolute Gasteiger partial charge is 0.251 e. The summed E-state index contributed by atoms with van der Waals surface area (Å²) in [5.74, 6) is 16.7. The van der Waals surface area contributed by atoms with Gasteiger partial charge in [-0.2, -0.15) is 0 Å². The van der Waals surface area contributed by atoms with Crippen molar-refractivity contribution in [2.45, 2.75) is 300 Å². The van der Waals surface area contributed by atoms with Crippen LogP contribution in [0.1, 0.15) is 235 Å². The normalized spacial score (nSPS) is 23.8. The molecule has 20 nitrogen and oxygen atoms in total. The zero-order valence-electron chi connectivity index (χ0n) is 81.9. The molecule has 24 rings (SSSR count). The summed E-state index contributed by atoms with van der Waals surface area (Å²) in [6.07, 6.45) is 26.0. The molecule has 1 saturated heterocycles. The predicted molar refractivity (Wildman–Crippen MR) is 520 cm³/mol. The Hall–Kier alpha value is -10.6. The Balaban J connectivity index is 0.000000107. The third kappa shape index (κ3) is 22.2. The van der Waals surface area contributed by atoms with Gasteiger partial charge in [0.1, 0.15) is 23.0 Å². The Labute approximate surface area is 793 Å². The fourth-order valence-electron chi connectivity index (χ4n) is 22.4. The number of rotatable bonds is 14. The maximum atomic E-state index is 6.34. The molecule has 2 bridgehead atoms. The van der Waals surface area contributed by atoms with Crippen molar-refractivity contribution in [3.05, 3.63) is 214 Å². The predicted octanol–water partition coefficient (Wildman–Crippen LogP) is 27.6. The largest absolute Gasteiger partial charge is 0.467 e. The van der Waals surface area contributed by atoms with Crippen LogP contribution >= 0.6 is 0 Å². The highest BCUT2D eigenvalue weighted by Gasteiger charge is 2.55. The number of benzene rings is 10. The molecule has 716 valence electrons. The highest BCUT2D eigenvalue weighted by molar-refractivity contribution is 5.94. The first-order chi connectivity index (χ1) is 64.5. The van der Waals surface area contributed by atoms with E-state index in [0.29, 0.717) is 61.0 Å². The molecular formula is C114H140O20. The fourth-order valence-corrected chi connectivity index (χ4v) is 22.4. The molecule has 7 heterocycles. The van der Waals surface area contributed by atoms with Crippen LogP contribution in [0.5, 0.6) is 92.0 Å². The lowest BCUT2D eigenvalue weighted by Gasteiger charge is -2.50. The lowest BCUT2D eigenvalue weighted by molar-refractivity contribution is -0.214. The summed E-state index contributed by atoms with van der Waals surface area (Å²) in [4.78, 5) is 0. The van der Waals surface area contributed by atoms with Gasteiger partial charge in [-0.1, -0.05) is 139 Å². The second-order valence-electron chi connectivity index (χ2n) is 40.0. The molecule has 7 aliphatic carbocycles. The van der Waals surface area contributed by atoms with Gasteiger partial charge in [-0.15, -0.1) is 0 Å². The third-order valence-electron chi connectivity index (χ3n) is 28.5. The summed E-state index contributed by atoms with van der Waals surface area (Å²) in [6, 6.07) is 57.3. The monoisotopic (exact) mass is 1830 g/mol. The van der Waals surface area contributed by atoms with Crippen molar-refractivity contribution in [2.24, 2.45) is 41.4 Å². The van der Waals surface area contributed by atoms with Crippen LogP contribution in [0.15, 0.2) is 170 Å². The minimum absolute atomic E-state index is 0.0317. The number of ether oxygens (including phenoxy) is 20. The molecule has 2 spiro atoms. The van der Waals surface area contributed by atoms with Crippen LogP contribution in [-0.4, -0.2) is 87.3 Å². The van der Waals surface area contributed by atoms with E-state index in [-0.39, 0.29) is 37.7 Å². The van der Waals surface area contributed by atoms with E-state index in [4.69, 9.17) is 94.7 Å². The maximum Gasteiger partial charge on any atom is 0.251 e. The van der Waals surface area contributed by atoms with Gasteiger partial charge in [0.2, 0.25) is 53.9 Å². The van der Waals surface area contributed by atoms with Gasteiger partial charge in [0.25, 0.3) is 11.6 Å². The molecule has 20 heteroatoms. The topological polar surface area (TPSA) is 185 Å². The zero-order chi connectivity index (χ0) is 93.6. The SMILES string of the molecule is CCOC(C)(C)Oc1ccc(C)cc1.CCOCOc1ccc(C)c2ccccc12.Cc1cc2c(c3c1OC(C)(C)O3)OC(C)(C)O2.Cc1cc2c(c3c1OCO3)OCO2.Cc1cc2c(c3ccccc13)OC1(CCCC1)O2.Cc1ccc(OC(C)OC2CC3CC2C2CCCC32)cc1.Cc1ccc(OC2CC3CCCC4CCCC(O2)C43)cc1.Cc1ccc2c(c1)OC1(CCCC1)O2. The number of fused-ring (bicyclic) bond motifs is 16. The van der Waals surface area contributed by atoms with Crippen molar-refractivity contribution in [3.8, 4) is 92.0 Å². The van der Waals surface area contributed by atoms with Crippen molar-refractivity contribution in [3.63, 3.8) is 0 Å². The molecule has 0 N–H and O–H groups in total. The Bertz CT molecular complexity index is 5630. The van der Waals surface area contributed by atoms with Gasteiger partial charge in [0, 0.05) is 97.6 Å². The average Bonchev–Trinajstić information content (AvgIpc) is 1.57. The van der Waals surface area contributed by atoms with Crippen LogP contribution in [0.25, 0.3) is 21.5 Å². The quantitative estimate of drug-likeness (QED) is 0.0739. The molecule has 8 fully saturated rings. The van der Waals surface area contributed by atoms with Crippen LogP contribution in [-0.2, 0) is 18.9 Å². The summed E-state index contributed by atoms with van der Waals surface area (Å²) >= 11 is 0. The van der Waals surface area contributed by atoms with E-state index in [0.717, 1.165) is 153 Å². The minimum Gasteiger partial charge on any atom is -0.467 e. The number of hydrogen-bond acceptors (Lipinski definition) is 20. The standard InChI is InChI=1S/2C19H26O2.C16H16O2.C14H16O2.C13H16O4.C12H14O2.C12H18O2.C9H8O4/c1-12-6-8-15(9-7-12)20-13(2)21-19-11-14-10-18(19)17-5-3-4-16(14)17;1-13-8-10-16(11-9-13)20-18-12-15-6-2-4-14-5-3-7-17(21-18)19(14)15;1-11-10-14-15(13-7-3-2-6-12(11)13)18-16(17-14)8-4-5-9-16;1-3-15-10-16-14-9-8-11(2)12-6-4-5-7-13(12)14;1-7-6-8-10(16-12(2,3)14-8)11-9(7)15-13(4,5)17-11;1-9-4-5-10-11(8-9)14-12(13-10)6-2-3-7-12;1-5-13-12(3,4)14-11-8-6-10(2)7-9-11;1-5-2-6-8(12-3-10-6)9-7(5)11-4-13-9/h6-9,13-14,16-19H,3-5,10-11H2,1-2H3;8-11,14-15,17-19H,2-7,12H2,1H3;2-3,6-7,10H,4-5,8-9H2,1H3;4-9H,3,10H2,1-2H3;6H,1-5H3;4-5,8H,2-3,6-7H2,1H3;6-9H,5H2,1-4H3;2H,3-4H2,1H3.